The summed E-state index contributed by atoms with van der Waals surface area (Å²) in [6, 6.07) is 2.65. The summed E-state index contributed by atoms with van der Waals surface area (Å²) < 4.78 is 73.4. The monoisotopic (exact) mass is 325 g/mol. The van der Waals surface area contributed by atoms with Gasteiger partial charge in [-0.2, -0.15) is 18.3 Å². The quantitative estimate of drug-likeness (QED) is 0.815. The van der Waals surface area contributed by atoms with Crippen LogP contribution in [0, 0.1) is 5.82 Å². The first kappa shape index (κ1) is 15.3. The van der Waals surface area contributed by atoms with E-state index in [0.29, 0.717) is 16.8 Å². The van der Waals surface area contributed by atoms with E-state index in [1.807, 2.05) is 0 Å². The van der Waals surface area contributed by atoms with Crippen LogP contribution >= 0.6 is 0 Å². The van der Waals surface area contributed by atoms with Gasteiger partial charge in [0.15, 0.2) is 5.69 Å². The number of hydrogen-bond donors (Lipinski definition) is 2. The lowest BCUT2D eigenvalue weighted by Gasteiger charge is -2.06. The standard InChI is InChI=1S/C10H7F4N3O3S/c11-6-3-5(1-2-7(6)21(15,19)20)17-9(18)4-8(16-17)10(12,13)14/h1-4,18H,(H2,15,19,20). The number of nitrogens with two attached hydrogens (primary N) is 1. The van der Waals surface area contributed by atoms with Gasteiger partial charge in [0, 0.05) is 12.1 Å². The van der Waals surface area contributed by atoms with Gasteiger partial charge in [-0.25, -0.2) is 22.6 Å². The van der Waals surface area contributed by atoms with Crippen LogP contribution in [0.15, 0.2) is 29.2 Å². The van der Waals surface area contributed by atoms with Crippen molar-refractivity contribution in [2.45, 2.75) is 11.1 Å². The van der Waals surface area contributed by atoms with E-state index in [1.54, 1.807) is 0 Å². The Morgan fingerprint density at radius 3 is 2.29 bits per heavy atom. The summed E-state index contributed by atoms with van der Waals surface area (Å²) in [5.41, 5.74) is -1.68. The van der Waals surface area contributed by atoms with Gasteiger partial charge in [0.05, 0.1) is 5.69 Å². The molecular formula is C10H7F4N3O3S. The lowest BCUT2D eigenvalue weighted by Crippen LogP contribution is -2.14. The van der Waals surface area contributed by atoms with Crippen molar-refractivity contribution in [3.05, 3.63) is 35.8 Å². The molecule has 2 rings (SSSR count). The zero-order valence-electron chi connectivity index (χ0n) is 9.96. The fraction of sp³-hybridized carbons (Fsp3) is 0.100. The van der Waals surface area contributed by atoms with Crippen LogP contribution in [0.25, 0.3) is 5.69 Å². The number of nitrogens with zero attached hydrogens (tertiary/aromatic N) is 2. The van der Waals surface area contributed by atoms with E-state index in [9.17, 15) is 31.1 Å². The second-order valence-electron chi connectivity index (χ2n) is 3.96. The summed E-state index contributed by atoms with van der Waals surface area (Å²) in [7, 11) is -4.31. The third-order valence-electron chi connectivity index (χ3n) is 2.45. The Kier molecular flexibility index (Phi) is 3.41. The van der Waals surface area contributed by atoms with Crippen LogP contribution in [0.5, 0.6) is 5.88 Å². The van der Waals surface area contributed by atoms with Crippen LogP contribution in [-0.4, -0.2) is 23.3 Å². The predicted molar refractivity (Wildman–Crippen MR) is 61.6 cm³/mol. The van der Waals surface area contributed by atoms with E-state index in [2.05, 4.69) is 5.10 Å². The zero-order chi connectivity index (χ0) is 16.0. The minimum Gasteiger partial charge on any atom is -0.493 e. The maximum Gasteiger partial charge on any atom is 0.435 e. The SMILES string of the molecule is NS(=O)(=O)c1ccc(-n2nc(C(F)(F)F)cc2O)cc1F. The van der Waals surface area contributed by atoms with Crippen LogP contribution in [0.2, 0.25) is 0 Å². The number of halogens is 4. The van der Waals surface area contributed by atoms with E-state index >= 15 is 0 Å². The van der Waals surface area contributed by atoms with Gasteiger partial charge in [0.2, 0.25) is 15.9 Å². The van der Waals surface area contributed by atoms with Gasteiger partial charge < -0.3 is 5.11 Å². The molecule has 2 aromatic rings. The number of aromatic nitrogens is 2. The Labute approximate surface area is 115 Å². The summed E-state index contributed by atoms with van der Waals surface area (Å²) in [5, 5.41) is 17.2. The molecular weight excluding hydrogens is 318 g/mol. The normalized spacial score (nSPS) is 12.6. The number of rotatable bonds is 2. The second-order valence-corrected chi connectivity index (χ2v) is 5.49. The number of hydrogen-bond acceptors (Lipinski definition) is 4. The molecule has 0 atom stereocenters. The second kappa shape index (κ2) is 4.70. The molecule has 0 saturated heterocycles. The third kappa shape index (κ3) is 2.97. The molecule has 6 nitrogen and oxygen atoms in total. The number of benzene rings is 1. The number of aromatic hydroxyl groups is 1. The summed E-state index contributed by atoms with van der Waals surface area (Å²) in [6.07, 6.45) is -4.79. The van der Waals surface area contributed by atoms with Crippen molar-refractivity contribution in [2.24, 2.45) is 5.14 Å². The molecule has 11 heteroatoms. The number of primary sulfonamides is 1. The third-order valence-corrected chi connectivity index (χ3v) is 3.39. The highest BCUT2D eigenvalue weighted by molar-refractivity contribution is 7.89. The fourth-order valence-electron chi connectivity index (χ4n) is 1.55. The maximum atomic E-state index is 13.6. The highest BCUT2D eigenvalue weighted by atomic mass is 32.2. The Morgan fingerprint density at radius 2 is 1.86 bits per heavy atom. The minimum absolute atomic E-state index is 0.298. The van der Waals surface area contributed by atoms with Crippen molar-refractivity contribution in [3.8, 4) is 11.6 Å². The molecule has 0 saturated carbocycles. The smallest absolute Gasteiger partial charge is 0.435 e. The molecule has 0 fully saturated rings. The fourth-order valence-corrected chi connectivity index (χ4v) is 2.14. The number of sulfonamides is 1. The molecule has 0 aliphatic rings. The Morgan fingerprint density at radius 1 is 1.24 bits per heavy atom. The minimum atomic E-state index is -4.79. The first-order valence-corrected chi connectivity index (χ1v) is 6.74. The highest BCUT2D eigenvalue weighted by Gasteiger charge is 2.35. The molecule has 1 aromatic carbocycles. The zero-order valence-corrected chi connectivity index (χ0v) is 10.8. The molecule has 0 radical (unpaired) electrons. The van der Waals surface area contributed by atoms with E-state index in [4.69, 9.17) is 5.14 Å². The Hall–Kier alpha value is -2.14. The molecule has 3 N–H and O–H groups in total. The van der Waals surface area contributed by atoms with Crippen molar-refractivity contribution < 1.29 is 31.1 Å². The lowest BCUT2D eigenvalue weighted by molar-refractivity contribution is -0.141. The van der Waals surface area contributed by atoms with Gasteiger partial charge in [-0.3, -0.25) is 0 Å². The molecule has 0 aliphatic heterocycles. The van der Waals surface area contributed by atoms with Crippen LogP contribution in [0.3, 0.4) is 0 Å². The van der Waals surface area contributed by atoms with Crippen LogP contribution in [0.4, 0.5) is 17.6 Å². The average molecular weight is 325 g/mol. The van der Waals surface area contributed by atoms with E-state index in [-0.39, 0.29) is 5.69 Å². The Balaban J connectivity index is 2.54. The van der Waals surface area contributed by atoms with Gasteiger partial charge in [0.25, 0.3) is 0 Å². The molecule has 1 heterocycles. The van der Waals surface area contributed by atoms with Gasteiger partial charge in [-0.1, -0.05) is 0 Å². The van der Waals surface area contributed by atoms with Gasteiger partial charge in [0.1, 0.15) is 10.7 Å². The van der Waals surface area contributed by atoms with Gasteiger partial charge in [-0.05, 0) is 12.1 Å². The van der Waals surface area contributed by atoms with Crippen molar-refractivity contribution in [3.63, 3.8) is 0 Å². The first-order chi connectivity index (χ1) is 9.50. The molecule has 0 unspecified atom stereocenters. The molecule has 0 amide bonds. The van der Waals surface area contributed by atoms with Crippen LogP contribution in [0.1, 0.15) is 5.69 Å². The average Bonchev–Trinajstić information content (AvgIpc) is 2.69. The topological polar surface area (TPSA) is 98.2 Å². The summed E-state index contributed by atoms with van der Waals surface area (Å²) >= 11 is 0. The number of alkyl halides is 3. The van der Waals surface area contributed by atoms with Crippen molar-refractivity contribution in [2.75, 3.05) is 0 Å². The molecule has 0 bridgehead atoms. The van der Waals surface area contributed by atoms with Gasteiger partial charge in [-0.15, -0.1) is 0 Å². The summed E-state index contributed by atoms with van der Waals surface area (Å²) in [6.45, 7) is 0. The molecule has 0 spiro atoms. The molecule has 21 heavy (non-hydrogen) atoms. The highest BCUT2D eigenvalue weighted by Crippen LogP contribution is 2.31. The Bertz CT molecular complexity index is 798. The predicted octanol–water partition coefficient (Wildman–Crippen LogP) is 1.38. The van der Waals surface area contributed by atoms with Crippen LogP contribution in [-0.2, 0) is 16.2 Å². The van der Waals surface area contributed by atoms with E-state index < -0.39 is 38.5 Å². The molecule has 1 aromatic heterocycles. The summed E-state index contributed by atoms with van der Waals surface area (Å²) in [5.74, 6) is -2.16. The first-order valence-electron chi connectivity index (χ1n) is 5.19. The molecule has 114 valence electrons. The molecule has 0 aliphatic carbocycles. The maximum absolute atomic E-state index is 13.6. The largest absolute Gasteiger partial charge is 0.493 e. The van der Waals surface area contributed by atoms with Crippen molar-refractivity contribution >= 4 is 10.0 Å². The van der Waals surface area contributed by atoms with Crippen molar-refractivity contribution in [1.29, 1.82) is 0 Å². The summed E-state index contributed by atoms with van der Waals surface area (Å²) in [4.78, 5) is -0.825. The lowest BCUT2D eigenvalue weighted by atomic mass is 10.3. The van der Waals surface area contributed by atoms with Crippen LogP contribution < -0.4 is 5.14 Å². The van der Waals surface area contributed by atoms with Gasteiger partial charge >= 0.3 is 6.18 Å². The van der Waals surface area contributed by atoms with E-state index in [1.165, 1.54) is 0 Å². The van der Waals surface area contributed by atoms with E-state index in [0.717, 1.165) is 12.1 Å². The van der Waals surface area contributed by atoms with Crippen molar-refractivity contribution in [1.82, 2.24) is 9.78 Å².